The first-order chi connectivity index (χ1) is 11.0. The fourth-order valence-corrected chi connectivity index (χ4v) is 3.82. The van der Waals surface area contributed by atoms with Gasteiger partial charge >= 0.3 is 0 Å². The van der Waals surface area contributed by atoms with E-state index in [2.05, 4.69) is 5.32 Å². The van der Waals surface area contributed by atoms with Crippen molar-refractivity contribution in [2.45, 2.75) is 19.3 Å². The van der Waals surface area contributed by atoms with Crippen molar-refractivity contribution in [3.63, 3.8) is 0 Å². The van der Waals surface area contributed by atoms with Gasteiger partial charge in [-0.15, -0.1) is 0 Å². The first-order valence-corrected chi connectivity index (χ1v) is 9.43. The van der Waals surface area contributed by atoms with E-state index in [1.165, 1.54) is 4.31 Å². The lowest BCUT2D eigenvalue weighted by molar-refractivity contribution is -0.122. The van der Waals surface area contributed by atoms with Crippen molar-refractivity contribution in [1.29, 1.82) is 5.26 Å². The van der Waals surface area contributed by atoms with E-state index in [0.717, 1.165) is 6.42 Å². The number of rotatable bonds is 10. The molecule has 0 aliphatic carbocycles. The van der Waals surface area contributed by atoms with E-state index in [-0.39, 0.29) is 24.6 Å². The van der Waals surface area contributed by atoms with Crippen LogP contribution in [0.5, 0.6) is 0 Å². The minimum Gasteiger partial charge on any atom is -0.385 e. The Kier molecular flexibility index (Phi) is 9.09. The lowest BCUT2D eigenvalue weighted by atomic mass is 10.3. The Morgan fingerprint density at radius 1 is 1.26 bits per heavy atom. The smallest absolute Gasteiger partial charge is 0.234 e. The summed E-state index contributed by atoms with van der Waals surface area (Å²) in [5.74, 6) is -0.0352. The third kappa shape index (κ3) is 7.74. The minimum absolute atomic E-state index is 0.0144. The molecular weight excluding hydrogens is 320 g/mol. The van der Waals surface area contributed by atoms with Gasteiger partial charge in [-0.05, 0) is 12.8 Å². The second-order valence-electron chi connectivity index (χ2n) is 5.45. The first-order valence-electron chi connectivity index (χ1n) is 7.82. The molecule has 0 aromatic carbocycles. The number of amides is 1. The first kappa shape index (κ1) is 19.8. The van der Waals surface area contributed by atoms with Gasteiger partial charge in [0, 0.05) is 52.9 Å². The molecule has 0 saturated carbocycles. The molecule has 1 amide bonds. The summed E-state index contributed by atoms with van der Waals surface area (Å²) in [7, 11) is -1.67. The molecule has 1 N–H and O–H groups in total. The van der Waals surface area contributed by atoms with Crippen LogP contribution in [0, 0.1) is 11.3 Å². The van der Waals surface area contributed by atoms with Crippen LogP contribution in [0.25, 0.3) is 0 Å². The predicted molar refractivity (Wildman–Crippen MR) is 86.1 cm³/mol. The molecule has 132 valence electrons. The maximum absolute atomic E-state index is 12.1. The van der Waals surface area contributed by atoms with Crippen molar-refractivity contribution in [2.75, 3.05) is 58.7 Å². The highest BCUT2D eigenvalue weighted by Crippen LogP contribution is 2.09. The van der Waals surface area contributed by atoms with Crippen LogP contribution in [-0.2, 0) is 19.6 Å². The molecule has 1 fully saturated rings. The summed E-state index contributed by atoms with van der Waals surface area (Å²) in [6.07, 6.45) is 1.39. The normalized spacial score (nSPS) is 16.9. The molecule has 9 heteroatoms. The molecule has 0 unspecified atom stereocenters. The number of nitrogens with one attached hydrogen (secondary N) is 1. The molecule has 23 heavy (non-hydrogen) atoms. The Bertz CT molecular complexity index is 495. The standard InChI is InChI=1S/C14H26N4O4S/c1-22-11-4-6-16-14(19)13-17-7-9-18(10-8-17)23(20,21)12-3-2-5-15/h2-4,6-13H2,1H3,(H,16,19). The molecule has 0 bridgehead atoms. The third-order valence-corrected chi connectivity index (χ3v) is 5.59. The lowest BCUT2D eigenvalue weighted by Gasteiger charge is -2.33. The van der Waals surface area contributed by atoms with Crippen molar-refractivity contribution >= 4 is 15.9 Å². The average molecular weight is 346 g/mol. The number of methoxy groups -OCH3 is 1. The number of hydrogen-bond acceptors (Lipinski definition) is 6. The number of unbranched alkanes of at least 4 members (excludes halogenated alkanes) is 1. The largest absolute Gasteiger partial charge is 0.385 e. The maximum atomic E-state index is 12.1. The molecule has 1 rings (SSSR count). The van der Waals surface area contributed by atoms with Crippen molar-refractivity contribution in [2.24, 2.45) is 0 Å². The Balaban J connectivity index is 2.27. The van der Waals surface area contributed by atoms with Gasteiger partial charge in [0.05, 0.1) is 18.4 Å². The van der Waals surface area contributed by atoms with Crippen LogP contribution in [0.3, 0.4) is 0 Å². The molecule has 1 heterocycles. The molecule has 1 aliphatic rings. The van der Waals surface area contributed by atoms with Crippen molar-refractivity contribution in [3.8, 4) is 6.07 Å². The summed E-state index contributed by atoms with van der Waals surface area (Å²) < 4.78 is 30.6. The number of carbonyl (C=O) groups excluding carboxylic acids is 1. The highest BCUT2D eigenvalue weighted by Gasteiger charge is 2.27. The lowest BCUT2D eigenvalue weighted by Crippen LogP contribution is -2.51. The van der Waals surface area contributed by atoms with Gasteiger partial charge in [0.15, 0.2) is 0 Å². The SMILES string of the molecule is COCCCNC(=O)CN1CCN(S(=O)(=O)CCCC#N)CC1. The number of sulfonamides is 1. The van der Waals surface area contributed by atoms with Gasteiger partial charge in [0.25, 0.3) is 0 Å². The van der Waals surface area contributed by atoms with E-state index in [1.807, 2.05) is 11.0 Å². The summed E-state index contributed by atoms with van der Waals surface area (Å²) in [6, 6.07) is 1.95. The summed E-state index contributed by atoms with van der Waals surface area (Å²) >= 11 is 0. The van der Waals surface area contributed by atoms with E-state index >= 15 is 0 Å². The Morgan fingerprint density at radius 2 is 1.96 bits per heavy atom. The highest BCUT2D eigenvalue weighted by atomic mass is 32.2. The van der Waals surface area contributed by atoms with Crippen LogP contribution in [0.1, 0.15) is 19.3 Å². The van der Waals surface area contributed by atoms with E-state index in [4.69, 9.17) is 10.00 Å². The molecule has 1 aliphatic heterocycles. The zero-order valence-corrected chi connectivity index (χ0v) is 14.5. The number of ether oxygens (including phenoxy) is 1. The highest BCUT2D eigenvalue weighted by molar-refractivity contribution is 7.89. The third-order valence-electron chi connectivity index (χ3n) is 3.63. The topological polar surface area (TPSA) is 103 Å². The van der Waals surface area contributed by atoms with Crippen LogP contribution >= 0.6 is 0 Å². The van der Waals surface area contributed by atoms with Crippen molar-refractivity contribution in [3.05, 3.63) is 0 Å². The van der Waals surface area contributed by atoms with Gasteiger partial charge in [-0.2, -0.15) is 9.57 Å². The van der Waals surface area contributed by atoms with Crippen LogP contribution in [0.4, 0.5) is 0 Å². The van der Waals surface area contributed by atoms with Gasteiger partial charge in [-0.1, -0.05) is 0 Å². The van der Waals surface area contributed by atoms with Crippen LogP contribution in [0.15, 0.2) is 0 Å². The van der Waals surface area contributed by atoms with Crippen LogP contribution in [0.2, 0.25) is 0 Å². The second kappa shape index (κ2) is 10.5. The zero-order valence-electron chi connectivity index (χ0n) is 13.7. The van der Waals surface area contributed by atoms with Crippen LogP contribution in [-0.4, -0.2) is 82.3 Å². The second-order valence-corrected chi connectivity index (χ2v) is 7.54. The van der Waals surface area contributed by atoms with E-state index in [1.54, 1.807) is 7.11 Å². The summed E-state index contributed by atoms with van der Waals surface area (Å²) in [5, 5.41) is 11.3. The summed E-state index contributed by atoms with van der Waals surface area (Å²) in [5.41, 5.74) is 0. The monoisotopic (exact) mass is 346 g/mol. The molecular formula is C14H26N4O4S. The number of nitriles is 1. The van der Waals surface area contributed by atoms with E-state index < -0.39 is 10.0 Å². The Labute approximate surface area is 138 Å². The van der Waals surface area contributed by atoms with Gasteiger partial charge in [-0.3, -0.25) is 9.69 Å². The number of piperazine rings is 1. The quantitative estimate of drug-likeness (QED) is 0.529. The number of carbonyl (C=O) groups is 1. The Morgan fingerprint density at radius 3 is 2.57 bits per heavy atom. The van der Waals surface area contributed by atoms with Crippen molar-refractivity contribution < 1.29 is 17.9 Å². The van der Waals surface area contributed by atoms with E-state index in [0.29, 0.717) is 45.8 Å². The number of nitrogens with zero attached hydrogens (tertiary/aromatic N) is 3. The molecule has 0 radical (unpaired) electrons. The van der Waals surface area contributed by atoms with Gasteiger partial charge in [0.1, 0.15) is 0 Å². The minimum atomic E-state index is -3.29. The summed E-state index contributed by atoms with van der Waals surface area (Å²) in [6.45, 7) is 3.36. The van der Waals surface area contributed by atoms with Gasteiger partial charge in [0.2, 0.25) is 15.9 Å². The zero-order chi connectivity index (χ0) is 17.1. The maximum Gasteiger partial charge on any atom is 0.234 e. The van der Waals surface area contributed by atoms with Gasteiger partial charge < -0.3 is 10.1 Å². The van der Waals surface area contributed by atoms with Crippen molar-refractivity contribution in [1.82, 2.24) is 14.5 Å². The molecule has 1 saturated heterocycles. The molecule has 0 atom stereocenters. The molecule has 0 spiro atoms. The predicted octanol–water partition coefficient (Wildman–Crippen LogP) is -0.610. The number of hydrogen-bond donors (Lipinski definition) is 1. The van der Waals surface area contributed by atoms with Gasteiger partial charge in [-0.25, -0.2) is 8.42 Å². The average Bonchev–Trinajstić information content (AvgIpc) is 2.52. The molecule has 8 nitrogen and oxygen atoms in total. The summed E-state index contributed by atoms with van der Waals surface area (Å²) in [4.78, 5) is 13.7. The van der Waals surface area contributed by atoms with Crippen LogP contribution < -0.4 is 5.32 Å². The fourth-order valence-electron chi connectivity index (χ4n) is 2.33. The molecule has 0 aromatic heterocycles. The Hall–Kier alpha value is -1.21. The van der Waals surface area contributed by atoms with E-state index in [9.17, 15) is 13.2 Å². The molecule has 0 aromatic rings. The fraction of sp³-hybridized carbons (Fsp3) is 0.857.